The minimum atomic E-state index is -0.421. The molecule has 0 N–H and O–H groups in total. The van der Waals surface area contributed by atoms with Crippen molar-refractivity contribution in [3.8, 4) is 0 Å². The molecule has 2 heterocycles. The summed E-state index contributed by atoms with van der Waals surface area (Å²) in [6.07, 6.45) is -0.208. The number of fused-ring (bicyclic) bond motifs is 1. The zero-order chi connectivity index (χ0) is 21.3. The van der Waals surface area contributed by atoms with Crippen LogP contribution in [0.5, 0.6) is 0 Å². The molecule has 0 unspecified atom stereocenters. The van der Waals surface area contributed by atoms with Gasteiger partial charge in [0.15, 0.2) is 11.5 Å². The van der Waals surface area contributed by atoms with Crippen LogP contribution in [0.1, 0.15) is 35.5 Å². The van der Waals surface area contributed by atoms with Gasteiger partial charge in [0, 0.05) is 31.9 Å². The first kappa shape index (κ1) is 20.1. The van der Waals surface area contributed by atoms with Crippen LogP contribution in [0, 0.1) is 13.8 Å². The van der Waals surface area contributed by atoms with Gasteiger partial charge in [-0.3, -0.25) is 0 Å². The number of carbonyl (C=O) groups excluding carboxylic acids is 1. The molecule has 4 rings (SSSR count). The number of aryl methyl sites for hydroxylation is 2. The molecule has 0 amide bonds. The van der Waals surface area contributed by atoms with Crippen molar-refractivity contribution in [2.75, 3.05) is 36.0 Å². The van der Waals surface area contributed by atoms with Crippen molar-refractivity contribution in [3.63, 3.8) is 0 Å². The number of anilines is 2. The van der Waals surface area contributed by atoms with Crippen LogP contribution in [0.25, 0.3) is 11.0 Å². The maximum absolute atomic E-state index is 12.8. The van der Waals surface area contributed by atoms with Crippen LogP contribution in [-0.4, -0.2) is 48.2 Å². The van der Waals surface area contributed by atoms with Gasteiger partial charge in [-0.15, -0.1) is 0 Å². The number of aromatic nitrogens is 2. The minimum absolute atomic E-state index is 0.208. The summed E-state index contributed by atoms with van der Waals surface area (Å²) in [5, 5.41) is 0. The lowest BCUT2D eigenvalue weighted by Gasteiger charge is -2.37. The fourth-order valence-electron chi connectivity index (χ4n) is 3.94. The number of hydrogen-bond donors (Lipinski definition) is 0. The van der Waals surface area contributed by atoms with E-state index in [9.17, 15) is 4.79 Å². The van der Waals surface area contributed by atoms with Crippen LogP contribution < -0.4 is 9.80 Å². The van der Waals surface area contributed by atoms with E-state index in [-0.39, 0.29) is 6.10 Å². The zero-order valence-electron chi connectivity index (χ0n) is 18.1. The first-order chi connectivity index (χ1) is 14.4. The van der Waals surface area contributed by atoms with E-state index in [2.05, 4.69) is 46.8 Å². The molecular weight excluding hydrogens is 376 g/mol. The molecule has 1 saturated heterocycles. The van der Waals surface area contributed by atoms with Gasteiger partial charge in [-0.25, -0.2) is 14.8 Å². The molecule has 6 heteroatoms. The molecule has 1 aromatic heterocycles. The van der Waals surface area contributed by atoms with Crippen LogP contribution in [-0.2, 0) is 4.74 Å². The van der Waals surface area contributed by atoms with Gasteiger partial charge in [0.2, 0.25) is 0 Å². The summed E-state index contributed by atoms with van der Waals surface area (Å²) >= 11 is 0. The van der Waals surface area contributed by atoms with E-state index in [1.807, 2.05) is 38.1 Å². The number of ether oxygens (including phenoxy) is 1. The standard InChI is InChI=1S/C24H28N4O2/c1-16(2)30-24(29)22-23(26-20-8-6-5-7-19(20)25-22)28-13-11-27(12-14-28)21-10-9-17(3)15-18(21)4/h5-10,15-16H,11-14H2,1-4H3. The van der Waals surface area contributed by atoms with Crippen LogP contribution in [0.2, 0.25) is 0 Å². The normalized spacial score (nSPS) is 14.4. The van der Waals surface area contributed by atoms with E-state index >= 15 is 0 Å². The Hall–Kier alpha value is -3.15. The number of piperazine rings is 1. The average Bonchev–Trinajstić information content (AvgIpc) is 2.72. The van der Waals surface area contributed by atoms with Crippen molar-refractivity contribution in [2.24, 2.45) is 0 Å². The second-order valence-electron chi connectivity index (χ2n) is 8.10. The predicted octanol–water partition coefficient (Wildman–Crippen LogP) is 4.14. The van der Waals surface area contributed by atoms with E-state index in [0.717, 1.165) is 31.7 Å². The van der Waals surface area contributed by atoms with Crippen LogP contribution >= 0.6 is 0 Å². The van der Waals surface area contributed by atoms with E-state index in [0.29, 0.717) is 17.0 Å². The molecular formula is C24H28N4O2. The fourth-order valence-corrected chi connectivity index (χ4v) is 3.94. The summed E-state index contributed by atoms with van der Waals surface area (Å²) in [5.41, 5.74) is 5.60. The number of nitrogens with zero attached hydrogens (tertiary/aromatic N) is 4. The summed E-state index contributed by atoms with van der Waals surface area (Å²) in [6, 6.07) is 14.2. The van der Waals surface area contributed by atoms with Gasteiger partial charge < -0.3 is 14.5 Å². The van der Waals surface area contributed by atoms with Gasteiger partial charge in [0.1, 0.15) is 0 Å². The summed E-state index contributed by atoms with van der Waals surface area (Å²) in [4.78, 5) is 26.7. The Morgan fingerprint density at radius 3 is 2.20 bits per heavy atom. The Morgan fingerprint density at radius 2 is 1.57 bits per heavy atom. The maximum atomic E-state index is 12.8. The number of benzene rings is 2. The molecule has 0 atom stereocenters. The van der Waals surface area contributed by atoms with Crippen molar-refractivity contribution in [1.82, 2.24) is 9.97 Å². The topological polar surface area (TPSA) is 58.6 Å². The van der Waals surface area contributed by atoms with Crippen molar-refractivity contribution in [2.45, 2.75) is 33.8 Å². The van der Waals surface area contributed by atoms with Crippen molar-refractivity contribution in [1.29, 1.82) is 0 Å². The zero-order valence-corrected chi connectivity index (χ0v) is 18.1. The number of rotatable bonds is 4. The van der Waals surface area contributed by atoms with Crippen molar-refractivity contribution < 1.29 is 9.53 Å². The Bertz CT molecular complexity index is 1070. The molecule has 1 fully saturated rings. The first-order valence-corrected chi connectivity index (χ1v) is 10.5. The minimum Gasteiger partial charge on any atom is -0.458 e. The Labute approximate surface area is 177 Å². The molecule has 6 nitrogen and oxygen atoms in total. The molecule has 156 valence electrons. The number of esters is 1. The average molecular weight is 405 g/mol. The number of hydrogen-bond acceptors (Lipinski definition) is 6. The Kier molecular flexibility index (Phi) is 5.57. The van der Waals surface area contributed by atoms with Gasteiger partial charge in [-0.1, -0.05) is 29.8 Å². The second kappa shape index (κ2) is 8.30. The van der Waals surface area contributed by atoms with Gasteiger partial charge in [-0.2, -0.15) is 0 Å². The molecule has 0 saturated carbocycles. The van der Waals surface area contributed by atoms with Crippen molar-refractivity contribution in [3.05, 3.63) is 59.3 Å². The third kappa shape index (κ3) is 4.08. The van der Waals surface area contributed by atoms with Gasteiger partial charge in [0.25, 0.3) is 0 Å². The summed E-state index contributed by atoms with van der Waals surface area (Å²) in [5.74, 6) is 0.190. The maximum Gasteiger partial charge on any atom is 0.361 e. The molecule has 1 aliphatic heterocycles. The molecule has 0 spiro atoms. The predicted molar refractivity (Wildman–Crippen MR) is 120 cm³/mol. The SMILES string of the molecule is Cc1ccc(N2CCN(c3nc4ccccc4nc3C(=O)OC(C)C)CC2)c(C)c1. The first-order valence-electron chi connectivity index (χ1n) is 10.5. The summed E-state index contributed by atoms with van der Waals surface area (Å²) in [6.45, 7) is 11.2. The van der Waals surface area contributed by atoms with E-state index in [1.165, 1.54) is 16.8 Å². The van der Waals surface area contributed by atoms with Crippen LogP contribution in [0.3, 0.4) is 0 Å². The van der Waals surface area contributed by atoms with Crippen LogP contribution in [0.15, 0.2) is 42.5 Å². The molecule has 0 aliphatic carbocycles. The van der Waals surface area contributed by atoms with E-state index in [4.69, 9.17) is 9.72 Å². The lowest BCUT2D eigenvalue weighted by Crippen LogP contribution is -2.47. The Balaban J connectivity index is 1.62. The molecule has 2 aromatic carbocycles. The smallest absolute Gasteiger partial charge is 0.361 e. The van der Waals surface area contributed by atoms with Gasteiger partial charge >= 0.3 is 5.97 Å². The van der Waals surface area contributed by atoms with Crippen LogP contribution in [0.4, 0.5) is 11.5 Å². The number of carbonyl (C=O) groups is 1. The Morgan fingerprint density at radius 1 is 0.933 bits per heavy atom. The molecule has 30 heavy (non-hydrogen) atoms. The molecule has 1 aliphatic rings. The molecule has 0 bridgehead atoms. The highest BCUT2D eigenvalue weighted by atomic mass is 16.5. The summed E-state index contributed by atoms with van der Waals surface area (Å²) in [7, 11) is 0. The molecule has 0 radical (unpaired) electrons. The van der Waals surface area contributed by atoms with E-state index in [1.54, 1.807) is 0 Å². The van der Waals surface area contributed by atoms with E-state index < -0.39 is 5.97 Å². The largest absolute Gasteiger partial charge is 0.458 e. The second-order valence-corrected chi connectivity index (χ2v) is 8.10. The molecule has 3 aromatic rings. The van der Waals surface area contributed by atoms with Gasteiger partial charge in [-0.05, 0) is 51.5 Å². The quantitative estimate of drug-likeness (QED) is 0.609. The summed E-state index contributed by atoms with van der Waals surface area (Å²) < 4.78 is 5.46. The van der Waals surface area contributed by atoms with Crippen molar-refractivity contribution >= 4 is 28.5 Å². The highest BCUT2D eigenvalue weighted by Gasteiger charge is 2.26. The lowest BCUT2D eigenvalue weighted by atomic mass is 10.1. The third-order valence-corrected chi connectivity index (χ3v) is 5.36. The third-order valence-electron chi connectivity index (χ3n) is 5.36. The van der Waals surface area contributed by atoms with Gasteiger partial charge in [0.05, 0.1) is 17.1 Å². The number of para-hydroxylation sites is 2. The lowest BCUT2D eigenvalue weighted by molar-refractivity contribution is 0.0371. The highest BCUT2D eigenvalue weighted by molar-refractivity contribution is 5.95. The highest BCUT2D eigenvalue weighted by Crippen LogP contribution is 2.26. The fraction of sp³-hybridized carbons (Fsp3) is 0.375. The monoisotopic (exact) mass is 404 g/mol.